The first-order valence-corrected chi connectivity index (χ1v) is 9.40. The molecular formula is C20H17F2NO3S. The van der Waals surface area contributed by atoms with Gasteiger partial charge in [-0.1, -0.05) is 0 Å². The summed E-state index contributed by atoms with van der Waals surface area (Å²) in [5.74, 6) is -2.43. The normalized spacial score (nSPS) is 13.8. The van der Waals surface area contributed by atoms with Crippen molar-refractivity contribution in [3.63, 3.8) is 0 Å². The number of carboxylic acid groups (broad SMARTS) is 1. The minimum Gasteiger partial charge on any atom is -0.474 e. The average Bonchev–Trinajstić information content (AvgIpc) is 3.21. The Morgan fingerprint density at radius 2 is 1.78 bits per heavy atom. The molecule has 1 N–H and O–H groups in total. The van der Waals surface area contributed by atoms with Crippen molar-refractivity contribution in [1.29, 1.82) is 0 Å². The maximum atomic E-state index is 13.4. The quantitative estimate of drug-likeness (QED) is 0.672. The summed E-state index contributed by atoms with van der Waals surface area (Å²) in [5, 5.41) is 9.39. The molecule has 0 saturated heterocycles. The molecule has 0 atom stereocenters. The summed E-state index contributed by atoms with van der Waals surface area (Å²) in [6, 6.07) is 7.74. The van der Waals surface area contributed by atoms with Crippen molar-refractivity contribution in [2.24, 2.45) is 0 Å². The van der Waals surface area contributed by atoms with Crippen LogP contribution in [0.4, 0.5) is 8.78 Å². The molecule has 1 heterocycles. The molecule has 0 saturated carbocycles. The van der Waals surface area contributed by atoms with Crippen molar-refractivity contribution in [3.05, 3.63) is 46.5 Å². The van der Waals surface area contributed by atoms with Crippen molar-refractivity contribution in [3.8, 4) is 16.3 Å². The van der Waals surface area contributed by atoms with Crippen molar-refractivity contribution >= 4 is 27.5 Å². The number of hydrogen-bond acceptors (Lipinski definition) is 4. The molecule has 27 heavy (non-hydrogen) atoms. The summed E-state index contributed by atoms with van der Waals surface area (Å²) in [6.07, 6.45) is -0.908. The van der Waals surface area contributed by atoms with E-state index in [9.17, 15) is 13.6 Å². The van der Waals surface area contributed by atoms with Crippen molar-refractivity contribution < 1.29 is 23.4 Å². The predicted molar refractivity (Wildman–Crippen MR) is 99.8 cm³/mol. The number of thiazole rings is 1. The highest BCUT2D eigenvalue weighted by atomic mass is 32.1. The van der Waals surface area contributed by atoms with Crippen LogP contribution in [0.25, 0.3) is 20.8 Å². The topological polar surface area (TPSA) is 59.4 Å². The Balaban J connectivity index is 1.73. The van der Waals surface area contributed by atoms with Gasteiger partial charge in [0.1, 0.15) is 10.8 Å². The Hall–Kier alpha value is -2.54. The third-order valence-electron chi connectivity index (χ3n) is 4.79. The lowest BCUT2D eigenvalue weighted by atomic mass is 10.1. The summed E-state index contributed by atoms with van der Waals surface area (Å²) in [6.45, 7) is 3.23. The fourth-order valence-electron chi connectivity index (χ4n) is 3.52. The van der Waals surface area contributed by atoms with Crippen LogP contribution in [0.3, 0.4) is 0 Å². The molecule has 1 aliphatic carbocycles. The van der Waals surface area contributed by atoms with Crippen LogP contribution in [0.15, 0.2) is 24.3 Å². The highest BCUT2D eigenvalue weighted by Crippen LogP contribution is 2.38. The van der Waals surface area contributed by atoms with Crippen molar-refractivity contribution in [2.75, 3.05) is 0 Å². The number of carbonyl (C=O) groups is 1. The minimum atomic E-state index is -4.27. The van der Waals surface area contributed by atoms with Crippen LogP contribution < -0.4 is 4.74 Å². The van der Waals surface area contributed by atoms with Gasteiger partial charge < -0.3 is 9.84 Å². The Morgan fingerprint density at radius 1 is 1.15 bits per heavy atom. The molecular weight excluding hydrogens is 372 g/mol. The number of halogens is 2. The number of alkyl halides is 2. The Labute approximate surface area is 158 Å². The van der Waals surface area contributed by atoms with Crippen molar-refractivity contribution in [2.45, 2.75) is 39.2 Å². The molecule has 3 aromatic rings. The van der Waals surface area contributed by atoms with E-state index in [1.807, 2.05) is 0 Å². The zero-order valence-corrected chi connectivity index (χ0v) is 15.6. The molecule has 1 aliphatic rings. The van der Waals surface area contributed by atoms with Crippen LogP contribution >= 0.6 is 11.3 Å². The van der Waals surface area contributed by atoms with Crippen LogP contribution in [-0.2, 0) is 17.6 Å². The smallest absolute Gasteiger partial charge is 0.474 e. The number of nitrogens with zero attached hydrogens (tertiary/aromatic N) is 1. The third-order valence-corrected chi connectivity index (χ3v) is 5.86. The Kier molecular flexibility index (Phi) is 4.14. The number of aliphatic carboxylic acids is 1. The molecule has 0 bridgehead atoms. The monoisotopic (exact) mass is 389 g/mol. The van der Waals surface area contributed by atoms with E-state index in [0.717, 1.165) is 33.6 Å². The summed E-state index contributed by atoms with van der Waals surface area (Å²) in [5.41, 5.74) is 5.36. The lowest BCUT2D eigenvalue weighted by Crippen LogP contribution is -2.35. The molecule has 0 amide bonds. The fraction of sp³-hybridized carbons (Fsp3) is 0.300. The number of aromatic nitrogens is 1. The number of ether oxygens (including phenoxy) is 1. The number of fused-ring (bicyclic) bond motifs is 2. The standard InChI is InChI=1S/C20H17F2NO3S/c1-10-6-14(7-11(2)17(10)26-20(21,22)19(24)25)18-23-15-8-12-4-3-5-13(12)9-16(15)27-18/h6-9H,3-5H2,1-2H3,(H,24,25). The highest BCUT2D eigenvalue weighted by Gasteiger charge is 2.43. The summed E-state index contributed by atoms with van der Waals surface area (Å²) >= 11 is 1.56. The lowest BCUT2D eigenvalue weighted by Gasteiger charge is -2.17. The van der Waals surface area contributed by atoms with Gasteiger partial charge in [-0.25, -0.2) is 9.78 Å². The van der Waals surface area contributed by atoms with E-state index in [-0.39, 0.29) is 5.75 Å². The molecule has 0 fully saturated rings. The van der Waals surface area contributed by atoms with Crippen LogP contribution in [-0.4, -0.2) is 22.2 Å². The molecule has 4 rings (SSSR count). The van der Waals surface area contributed by atoms with Gasteiger partial charge in [-0.3, -0.25) is 0 Å². The van der Waals surface area contributed by atoms with Gasteiger partial charge in [0.2, 0.25) is 0 Å². The molecule has 0 radical (unpaired) electrons. The largest absolute Gasteiger partial charge is 0.501 e. The zero-order chi connectivity index (χ0) is 19.3. The van der Waals surface area contributed by atoms with E-state index in [1.165, 1.54) is 17.5 Å². The Bertz CT molecular complexity index is 1010. The second-order valence-electron chi connectivity index (χ2n) is 6.82. The van der Waals surface area contributed by atoms with Gasteiger partial charge >= 0.3 is 12.1 Å². The second-order valence-corrected chi connectivity index (χ2v) is 7.86. The zero-order valence-electron chi connectivity index (χ0n) is 14.8. The number of carboxylic acids is 1. The van der Waals surface area contributed by atoms with E-state index in [1.54, 1.807) is 37.3 Å². The molecule has 2 aromatic carbocycles. The molecule has 1 aromatic heterocycles. The first-order valence-electron chi connectivity index (χ1n) is 8.59. The predicted octanol–water partition coefficient (Wildman–Crippen LogP) is 5.13. The van der Waals surface area contributed by atoms with Crippen LogP contribution in [0, 0.1) is 13.8 Å². The van der Waals surface area contributed by atoms with Gasteiger partial charge in [0.25, 0.3) is 0 Å². The van der Waals surface area contributed by atoms with E-state index >= 15 is 0 Å². The summed E-state index contributed by atoms with van der Waals surface area (Å²) < 4.78 is 32.5. The van der Waals surface area contributed by atoms with E-state index in [2.05, 4.69) is 16.9 Å². The van der Waals surface area contributed by atoms with E-state index in [0.29, 0.717) is 11.1 Å². The van der Waals surface area contributed by atoms with Gasteiger partial charge in [-0.15, -0.1) is 11.3 Å². The molecule has 0 aliphatic heterocycles. The van der Waals surface area contributed by atoms with E-state index < -0.39 is 12.1 Å². The van der Waals surface area contributed by atoms with E-state index in [4.69, 9.17) is 10.1 Å². The molecule has 0 spiro atoms. The third kappa shape index (κ3) is 3.16. The fourth-order valence-corrected chi connectivity index (χ4v) is 4.52. The number of hydrogen-bond donors (Lipinski definition) is 1. The maximum Gasteiger partial charge on any atom is 0.501 e. The molecule has 4 nitrogen and oxygen atoms in total. The average molecular weight is 389 g/mol. The number of rotatable bonds is 4. The van der Waals surface area contributed by atoms with Crippen LogP contribution in [0.2, 0.25) is 0 Å². The lowest BCUT2D eigenvalue weighted by molar-refractivity contribution is -0.211. The highest BCUT2D eigenvalue weighted by molar-refractivity contribution is 7.21. The van der Waals surface area contributed by atoms with Gasteiger partial charge in [-0.05, 0) is 79.6 Å². The minimum absolute atomic E-state index is 0.119. The summed E-state index contributed by atoms with van der Waals surface area (Å²) in [4.78, 5) is 15.3. The van der Waals surface area contributed by atoms with Crippen molar-refractivity contribution in [1.82, 2.24) is 4.98 Å². The number of benzene rings is 2. The van der Waals surface area contributed by atoms with Gasteiger partial charge in [0.05, 0.1) is 10.2 Å². The van der Waals surface area contributed by atoms with Gasteiger partial charge in [0.15, 0.2) is 0 Å². The SMILES string of the molecule is Cc1cc(-c2nc3cc4c(cc3s2)CCC4)cc(C)c1OC(F)(F)C(=O)O. The first-order chi connectivity index (χ1) is 12.7. The molecule has 7 heteroatoms. The summed E-state index contributed by atoms with van der Waals surface area (Å²) in [7, 11) is 0. The van der Waals surface area contributed by atoms with Gasteiger partial charge in [0, 0.05) is 5.56 Å². The Morgan fingerprint density at radius 3 is 2.41 bits per heavy atom. The molecule has 0 unspecified atom stereocenters. The second kappa shape index (κ2) is 6.27. The molecule has 140 valence electrons. The first kappa shape index (κ1) is 17.9. The van der Waals surface area contributed by atoms with Crippen LogP contribution in [0.5, 0.6) is 5.75 Å². The number of aryl methyl sites for hydroxylation is 4. The van der Waals surface area contributed by atoms with Crippen LogP contribution in [0.1, 0.15) is 28.7 Å². The maximum absolute atomic E-state index is 13.4. The van der Waals surface area contributed by atoms with Gasteiger partial charge in [-0.2, -0.15) is 8.78 Å².